The molecule has 3 aromatic rings. The maximum absolute atomic E-state index is 12.7. The van der Waals surface area contributed by atoms with Crippen LogP contribution in [0.1, 0.15) is 5.82 Å². The molecule has 8 heteroatoms. The molecule has 0 bridgehead atoms. The van der Waals surface area contributed by atoms with Crippen LogP contribution < -0.4 is 4.74 Å². The van der Waals surface area contributed by atoms with Crippen LogP contribution in [0.4, 0.5) is 13.2 Å². The lowest BCUT2D eigenvalue weighted by Crippen LogP contribution is -2.12. The van der Waals surface area contributed by atoms with Crippen LogP contribution in [-0.2, 0) is 6.18 Å². The van der Waals surface area contributed by atoms with Crippen molar-refractivity contribution in [2.75, 3.05) is 0 Å². The minimum Gasteiger partial charge on any atom is -0.438 e. The molecule has 0 spiro atoms. The minimum absolute atomic E-state index is 0.00210. The first-order valence-corrected chi connectivity index (χ1v) is 5.56. The number of rotatable bonds is 2. The molecule has 0 radical (unpaired) electrons. The van der Waals surface area contributed by atoms with Gasteiger partial charge in [-0.15, -0.1) is 15.3 Å². The average molecular weight is 280 g/mol. The Balaban J connectivity index is 2.02. The number of hydrogen-bond donors (Lipinski definition) is 0. The molecule has 0 atom stereocenters. The Morgan fingerprint density at radius 2 is 1.70 bits per heavy atom. The van der Waals surface area contributed by atoms with Gasteiger partial charge in [-0.25, -0.2) is 0 Å². The van der Waals surface area contributed by atoms with E-state index in [0.29, 0.717) is 10.3 Å². The first-order chi connectivity index (χ1) is 9.54. The highest BCUT2D eigenvalue weighted by Crippen LogP contribution is 2.28. The molecule has 0 N–H and O–H groups in total. The summed E-state index contributed by atoms with van der Waals surface area (Å²) in [7, 11) is 0. The fraction of sp³-hybridized carbons (Fsp3) is 0.0833. The van der Waals surface area contributed by atoms with Gasteiger partial charge in [0.15, 0.2) is 5.65 Å². The molecule has 3 rings (SSSR count). The summed E-state index contributed by atoms with van der Waals surface area (Å²) in [6.07, 6.45) is -4.63. The maximum atomic E-state index is 12.7. The van der Waals surface area contributed by atoms with Crippen molar-refractivity contribution in [3.63, 3.8) is 0 Å². The number of fused-ring (bicyclic) bond motifs is 1. The highest BCUT2D eigenvalue weighted by molar-refractivity contribution is 5.38. The summed E-state index contributed by atoms with van der Waals surface area (Å²) in [6.45, 7) is 0. The predicted octanol–water partition coefficient (Wildman–Crippen LogP) is 2.94. The van der Waals surface area contributed by atoms with E-state index in [9.17, 15) is 13.2 Å². The number of para-hydroxylation sites is 1. The molecular weight excluding hydrogens is 273 g/mol. The van der Waals surface area contributed by atoms with E-state index < -0.39 is 12.0 Å². The Kier molecular flexibility index (Phi) is 2.78. The van der Waals surface area contributed by atoms with Crippen LogP contribution in [0.15, 0.2) is 42.5 Å². The third kappa shape index (κ3) is 2.27. The number of alkyl halides is 3. The highest BCUT2D eigenvalue weighted by Gasteiger charge is 2.37. The molecule has 0 amide bonds. The van der Waals surface area contributed by atoms with Gasteiger partial charge in [-0.3, -0.25) is 0 Å². The van der Waals surface area contributed by atoms with Gasteiger partial charge in [0.05, 0.1) is 0 Å². The Bertz CT molecular complexity index is 739. The van der Waals surface area contributed by atoms with Crippen LogP contribution in [0.3, 0.4) is 0 Å². The molecule has 0 unspecified atom stereocenters. The zero-order valence-electron chi connectivity index (χ0n) is 9.87. The van der Waals surface area contributed by atoms with Gasteiger partial charge in [0.1, 0.15) is 5.75 Å². The molecular formula is C12H7F3N4O. The van der Waals surface area contributed by atoms with Crippen LogP contribution in [0.5, 0.6) is 11.6 Å². The Morgan fingerprint density at radius 1 is 0.950 bits per heavy atom. The van der Waals surface area contributed by atoms with Crippen LogP contribution in [0.2, 0.25) is 0 Å². The lowest BCUT2D eigenvalue weighted by atomic mass is 10.3. The van der Waals surface area contributed by atoms with E-state index in [-0.39, 0.29) is 11.5 Å². The SMILES string of the molecule is FC(F)(F)c1nnc2ccc(Oc3ccccc3)nn12. The van der Waals surface area contributed by atoms with E-state index in [4.69, 9.17) is 4.74 Å². The predicted molar refractivity (Wildman–Crippen MR) is 62.3 cm³/mol. The fourth-order valence-electron chi connectivity index (χ4n) is 1.61. The first kappa shape index (κ1) is 12.4. The Labute approximate surface area is 110 Å². The van der Waals surface area contributed by atoms with E-state index >= 15 is 0 Å². The highest BCUT2D eigenvalue weighted by atomic mass is 19.4. The summed E-state index contributed by atoms with van der Waals surface area (Å²) in [5, 5.41) is 10.2. The second kappa shape index (κ2) is 4.48. The van der Waals surface area contributed by atoms with Gasteiger partial charge in [-0.2, -0.15) is 17.7 Å². The van der Waals surface area contributed by atoms with Crippen molar-refractivity contribution in [2.45, 2.75) is 6.18 Å². The lowest BCUT2D eigenvalue weighted by molar-refractivity contribution is -0.146. The van der Waals surface area contributed by atoms with Gasteiger partial charge in [-0.1, -0.05) is 18.2 Å². The molecule has 0 saturated carbocycles. The molecule has 5 nitrogen and oxygen atoms in total. The molecule has 0 aliphatic rings. The van der Waals surface area contributed by atoms with Crippen molar-refractivity contribution in [3.05, 3.63) is 48.3 Å². The second-order valence-electron chi connectivity index (χ2n) is 3.88. The molecule has 1 aromatic carbocycles. The Hall–Kier alpha value is -2.64. The second-order valence-corrected chi connectivity index (χ2v) is 3.88. The normalized spacial score (nSPS) is 11.8. The first-order valence-electron chi connectivity index (χ1n) is 5.56. The van der Waals surface area contributed by atoms with Crippen molar-refractivity contribution in [3.8, 4) is 11.6 Å². The summed E-state index contributed by atoms with van der Waals surface area (Å²) in [5.41, 5.74) is -0.00210. The van der Waals surface area contributed by atoms with Crippen molar-refractivity contribution in [2.24, 2.45) is 0 Å². The number of aromatic nitrogens is 4. The van der Waals surface area contributed by atoms with Crippen LogP contribution in [-0.4, -0.2) is 19.8 Å². The molecule has 0 aliphatic carbocycles. The van der Waals surface area contributed by atoms with E-state index in [1.807, 2.05) is 0 Å². The molecule has 2 aromatic heterocycles. The average Bonchev–Trinajstić information content (AvgIpc) is 2.83. The fourth-order valence-corrected chi connectivity index (χ4v) is 1.61. The van der Waals surface area contributed by atoms with Gasteiger partial charge in [-0.05, 0) is 18.2 Å². The standard InChI is InChI=1S/C12H7F3N4O/c13-12(14,15)11-17-16-9-6-7-10(18-19(9)11)20-8-4-2-1-3-5-8/h1-7H. The third-order valence-electron chi connectivity index (χ3n) is 2.46. The molecule has 0 fully saturated rings. The quantitative estimate of drug-likeness (QED) is 0.724. The van der Waals surface area contributed by atoms with Crippen LogP contribution >= 0.6 is 0 Å². The van der Waals surface area contributed by atoms with Gasteiger partial charge >= 0.3 is 6.18 Å². The minimum atomic E-state index is -4.63. The zero-order chi connectivity index (χ0) is 14.2. The molecule has 0 aliphatic heterocycles. The van der Waals surface area contributed by atoms with E-state index in [2.05, 4.69) is 15.3 Å². The number of benzene rings is 1. The number of hydrogen-bond acceptors (Lipinski definition) is 4. The summed E-state index contributed by atoms with van der Waals surface area (Å²) < 4.78 is 44.1. The Morgan fingerprint density at radius 3 is 2.40 bits per heavy atom. The third-order valence-corrected chi connectivity index (χ3v) is 2.46. The van der Waals surface area contributed by atoms with Crippen molar-refractivity contribution in [1.29, 1.82) is 0 Å². The molecule has 0 saturated heterocycles. The van der Waals surface area contributed by atoms with Crippen LogP contribution in [0, 0.1) is 0 Å². The number of nitrogens with zero attached hydrogens (tertiary/aromatic N) is 4. The summed E-state index contributed by atoms with van der Waals surface area (Å²) in [6, 6.07) is 11.4. The van der Waals surface area contributed by atoms with E-state index in [1.54, 1.807) is 30.3 Å². The number of ether oxygens (including phenoxy) is 1. The van der Waals surface area contributed by atoms with Crippen LogP contribution in [0.25, 0.3) is 5.65 Å². The molecule has 102 valence electrons. The van der Waals surface area contributed by atoms with Gasteiger partial charge in [0, 0.05) is 6.07 Å². The smallest absolute Gasteiger partial charge is 0.438 e. The van der Waals surface area contributed by atoms with Crippen molar-refractivity contribution in [1.82, 2.24) is 19.8 Å². The summed E-state index contributed by atoms with van der Waals surface area (Å²) in [4.78, 5) is 0. The lowest BCUT2D eigenvalue weighted by Gasteiger charge is -2.06. The topological polar surface area (TPSA) is 52.3 Å². The maximum Gasteiger partial charge on any atom is 0.453 e. The molecule has 20 heavy (non-hydrogen) atoms. The van der Waals surface area contributed by atoms with Crippen molar-refractivity contribution >= 4 is 5.65 Å². The van der Waals surface area contributed by atoms with Gasteiger partial charge < -0.3 is 4.74 Å². The van der Waals surface area contributed by atoms with E-state index in [1.165, 1.54) is 12.1 Å². The van der Waals surface area contributed by atoms with Gasteiger partial charge in [0.2, 0.25) is 5.88 Å². The largest absolute Gasteiger partial charge is 0.453 e. The summed E-state index contributed by atoms with van der Waals surface area (Å²) in [5.74, 6) is -0.694. The zero-order valence-corrected chi connectivity index (χ0v) is 9.87. The summed E-state index contributed by atoms with van der Waals surface area (Å²) >= 11 is 0. The monoisotopic (exact) mass is 280 g/mol. The van der Waals surface area contributed by atoms with Crippen molar-refractivity contribution < 1.29 is 17.9 Å². The number of halogens is 3. The van der Waals surface area contributed by atoms with E-state index in [0.717, 1.165) is 0 Å². The molecule has 2 heterocycles. The van der Waals surface area contributed by atoms with Gasteiger partial charge in [0.25, 0.3) is 5.82 Å².